The van der Waals surface area contributed by atoms with Gasteiger partial charge in [0.25, 0.3) is 0 Å². The first kappa shape index (κ1) is 15.1. The largest absolute Gasteiger partial charge is 0.396 e. The molecule has 0 bridgehead atoms. The zero-order valence-corrected chi connectivity index (χ0v) is 11.7. The highest BCUT2D eigenvalue weighted by atomic mass is 19.1. The van der Waals surface area contributed by atoms with E-state index >= 15 is 0 Å². The predicted octanol–water partition coefficient (Wildman–Crippen LogP) is 2.49. The lowest BCUT2D eigenvalue weighted by atomic mass is 10.1. The van der Waals surface area contributed by atoms with Gasteiger partial charge in [0, 0.05) is 25.1 Å². The Morgan fingerprint density at radius 3 is 2.80 bits per heavy atom. The molecule has 1 aromatic rings. The second kappa shape index (κ2) is 7.50. The molecule has 1 aliphatic heterocycles. The molecule has 1 heterocycles. The SMILES string of the molecule is O=C(CCCN1CCC(CCO)C1)c1ccc(F)cc1. The molecule has 1 fully saturated rings. The number of ketones is 1. The zero-order chi connectivity index (χ0) is 14.4. The van der Waals surface area contributed by atoms with Crippen molar-refractivity contribution in [2.75, 3.05) is 26.2 Å². The molecule has 2 rings (SSSR count). The van der Waals surface area contributed by atoms with Crippen molar-refractivity contribution in [1.29, 1.82) is 0 Å². The van der Waals surface area contributed by atoms with Crippen molar-refractivity contribution in [2.45, 2.75) is 25.7 Å². The van der Waals surface area contributed by atoms with E-state index in [1.165, 1.54) is 12.1 Å². The summed E-state index contributed by atoms with van der Waals surface area (Å²) < 4.78 is 12.8. The number of hydrogen-bond donors (Lipinski definition) is 1. The maximum Gasteiger partial charge on any atom is 0.162 e. The second-order valence-electron chi connectivity index (χ2n) is 5.50. The first-order valence-corrected chi connectivity index (χ1v) is 7.31. The smallest absolute Gasteiger partial charge is 0.162 e. The van der Waals surface area contributed by atoms with Crippen LogP contribution in [0.3, 0.4) is 0 Å². The van der Waals surface area contributed by atoms with Crippen LogP contribution in [0.2, 0.25) is 0 Å². The van der Waals surface area contributed by atoms with Crippen LogP contribution in [0.15, 0.2) is 24.3 Å². The number of benzene rings is 1. The summed E-state index contributed by atoms with van der Waals surface area (Å²) >= 11 is 0. The van der Waals surface area contributed by atoms with Crippen molar-refractivity contribution in [3.05, 3.63) is 35.6 Å². The van der Waals surface area contributed by atoms with Crippen molar-refractivity contribution in [3.63, 3.8) is 0 Å². The number of aliphatic hydroxyl groups is 1. The van der Waals surface area contributed by atoms with Gasteiger partial charge in [0.2, 0.25) is 0 Å². The first-order chi connectivity index (χ1) is 9.69. The highest BCUT2D eigenvalue weighted by Gasteiger charge is 2.21. The van der Waals surface area contributed by atoms with E-state index in [1.54, 1.807) is 12.1 Å². The molecule has 1 unspecified atom stereocenters. The van der Waals surface area contributed by atoms with Gasteiger partial charge in [-0.2, -0.15) is 0 Å². The van der Waals surface area contributed by atoms with Gasteiger partial charge in [-0.05, 0) is 62.5 Å². The summed E-state index contributed by atoms with van der Waals surface area (Å²) in [5.74, 6) is 0.373. The van der Waals surface area contributed by atoms with E-state index in [4.69, 9.17) is 5.11 Å². The van der Waals surface area contributed by atoms with E-state index in [9.17, 15) is 9.18 Å². The Morgan fingerprint density at radius 2 is 2.10 bits per heavy atom. The lowest BCUT2D eigenvalue weighted by Crippen LogP contribution is -2.22. The van der Waals surface area contributed by atoms with E-state index in [0.29, 0.717) is 17.9 Å². The zero-order valence-electron chi connectivity index (χ0n) is 11.7. The summed E-state index contributed by atoms with van der Waals surface area (Å²) in [7, 11) is 0. The molecule has 0 aromatic heterocycles. The number of likely N-dealkylation sites (tertiary alicyclic amines) is 1. The maximum absolute atomic E-state index is 12.8. The molecule has 0 amide bonds. The fraction of sp³-hybridized carbons (Fsp3) is 0.562. The van der Waals surface area contributed by atoms with Gasteiger partial charge in [-0.3, -0.25) is 4.79 Å². The topological polar surface area (TPSA) is 40.5 Å². The summed E-state index contributed by atoms with van der Waals surface area (Å²) in [4.78, 5) is 14.3. The van der Waals surface area contributed by atoms with Gasteiger partial charge in [0.05, 0.1) is 0 Å². The molecule has 110 valence electrons. The standard InChI is InChI=1S/C16H22FNO2/c17-15-5-3-14(4-6-15)16(20)2-1-9-18-10-7-13(12-18)8-11-19/h3-6,13,19H,1-2,7-12H2. The average molecular weight is 279 g/mol. The van der Waals surface area contributed by atoms with Crippen LogP contribution < -0.4 is 0 Å². The molecule has 0 saturated carbocycles. The Bertz CT molecular complexity index is 433. The minimum absolute atomic E-state index is 0.0797. The molecule has 0 radical (unpaired) electrons. The van der Waals surface area contributed by atoms with Gasteiger partial charge in [0.1, 0.15) is 5.82 Å². The highest BCUT2D eigenvalue weighted by Crippen LogP contribution is 2.19. The molecule has 20 heavy (non-hydrogen) atoms. The fourth-order valence-corrected chi connectivity index (χ4v) is 2.78. The molecule has 1 saturated heterocycles. The van der Waals surface area contributed by atoms with Crippen molar-refractivity contribution in [2.24, 2.45) is 5.92 Å². The molecular formula is C16H22FNO2. The number of carbonyl (C=O) groups excluding carboxylic acids is 1. The number of nitrogens with zero attached hydrogens (tertiary/aromatic N) is 1. The molecule has 3 nitrogen and oxygen atoms in total. The Hall–Kier alpha value is -1.26. The quantitative estimate of drug-likeness (QED) is 0.780. The molecular weight excluding hydrogens is 257 g/mol. The second-order valence-corrected chi connectivity index (χ2v) is 5.50. The number of rotatable bonds is 7. The molecule has 4 heteroatoms. The summed E-state index contributed by atoms with van der Waals surface area (Å²) in [6, 6.07) is 5.75. The summed E-state index contributed by atoms with van der Waals surface area (Å²) in [6.07, 6.45) is 3.37. The third-order valence-electron chi connectivity index (χ3n) is 3.95. The highest BCUT2D eigenvalue weighted by molar-refractivity contribution is 5.95. The molecule has 1 aromatic carbocycles. The van der Waals surface area contributed by atoms with Gasteiger partial charge >= 0.3 is 0 Å². The lowest BCUT2D eigenvalue weighted by Gasteiger charge is -2.15. The van der Waals surface area contributed by atoms with E-state index in [0.717, 1.165) is 38.9 Å². The third-order valence-corrected chi connectivity index (χ3v) is 3.95. The van der Waals surface area contributed by atoms with E-state index < -0.39 is 0 Å². The molecule has 0 aliphatic carbocycles. The third kappa shape index (κ3) is 4.39. The van der Waals surface area contributed by atoms with Crippen LogP contribution in [0.5, 0.6) is 0 Å². The molecule has 0 spiro atoms. The van der Waals surface area contributed by atoms with Crippen LogP contribution in [0, 0.1) is 11.7 Å². The van der Waals surface area contributed by atoms with Crippen LogP contribution in [0.4, 0.5) is 4.39 Å². The minimum Gasteiger partial charge on any atom is -0.396 e. The van der Waals surface area contributed by atoms with Gasteiger partial charge in [-0.25, -0.2) is 4.39 Å². The Morgan fingerprint density at radius 1 is 1.35 bits per heavy atom. The summed E-state index contributed by atoms with van der Waals surface area (Å²) in [6.45, 7) is 3.29. The maximum atomic E-state index is 12.8. The van der Waals surface area contributed by atoms with Gasteiger partial charge < -0.3 is 10.0 Å². The van der Waals surface area contributed by atoms with Crippen LogP contribution >= 0.6 is 0 Å². The minimum atomic E-state index is -0.312. The average Bonchev–Trinajstić information content (AvgIpc) is 2.87. The van der Waals surface area contributed by atoms with E-state index in [2.05, 4.69) is 4.90 Å². The number of aliphatic hydroxyl groups excluding tert-OH is 1. The number of Topliss-reactive ketones (excluding diaryl/α,β-unsaturated/α-hetero) is 1. The van der Waals surface area contributed by atoms with Gasteiger partial charge in [-0.1, -0.05) is 0 Å². The number of hydrogen-bond acceptors (Lipinski definition) is 3. The van der Waals surface area contributed by atoms with Gasteiger partial charge in [-0.15, -0.1) is 0 Å². The Balaban J connectivity index is 1.68. The van der Waals surface area contributed by atoms with Crippen LogP contribution in [-0.2, 0) is 0 Å². The molecule has 1 N–H and O–H groups in total. The first-order valence-electron chi connectivity index (χ1n) is 7.31. The van der Waals surface area contributed by atoms with Gasteiger partial charge in [0.15, 0.2) is 5.78 Å². The fourth-order valence-electron chi connectivity index (χ4n) is 2.78. The van der Waals surface area contributed by atoms with Crippen LogP contribution in [0.25, 0.3) is 0 Å². The number of halogens is 1. The Kier molecular flexibility index (Phi) is 5.68. The van der Waals surface area contributed by atoms with Crippen LogP contribution in [0.1, 0.15) is 36.0 Å². The Labute approximate surface area is 119 Å². The van der Waals surface area contributed by atoms with Crippen molar-refractivity contribution in [1.82, 2.24) is 4.90 Å². The molecule has 1 atom stereocenters. The monoisotopic (exact) mass is 279 g/mol. The molecule has 1 aliphatic rings. The van der Waals surface area contributed by atoms with Crippen LogP contribution in [-0.4, -0.2) is 42.0 Å². The normalized spacial score (nSPS) is 19.4. The van der Waals surface area contributed by atoms with Crippen molar-refractivity contribution in [3.8, 4) is 0 Å². The van der Waals surface area contributed by atoms with Crippen molar-refractivity contribution < 1.29 is 14.3 Å². The number of carbonyl (C=O) groups is 1. The summed E-state index contributed by atoms with van der Waals surface area (Å²) in [5, 5.41) is 8.92. The predicted molar refractivity (Wildman–Crippen MR) is 76.2 cm³/mol. The lowest BCUT2D eigenvalue weighted by molar-refractivity contribution is 0.0976. The van der Waals surface area contributed by atoms with E-state index in [1.807, 2.05) is 0 Å². The van der Waals surface area contributed by atoms with E-state index in [-0.39, 0.29) is 18.2 Å². The van der Waals surface area contributed by atoms with Crippen molar-refractivity contribution >= 4 is 5.78 Å². The summed E-state index contributed by atoms with van der Waals surface area (Å²) in [5.41, 5.74) is 0.589.